The van der Waals surface area contributed by atoms with E-state index in [2.05, 4.69) is 10.1 Å². The lowest BCUT2D eigenvalue weighted by molar-refractivity contribution is -0.140. The molecule has 0 spiro atoms. The molecule has 2 rings (SSSR count). The quantitative estimate of drug-likeness (QED) is 0.517. The van der Waals surface area contributed by atoms with Crippen molar-refractivity contribution < 1.29 is 18.4 Å². The van der Waals surface area contributed by atoms with Gasteiger partial charge in [-0.1, -0.05) is 5.16 Å². The minimum Gasteiger partial charge on any atom is -0.411 e. The molecule has 8 heteroatoms. The zero-order valence-corrected chi connectivity index (χ0v) is 11.4. The molecule has 1 aromatic rings. The second-order valence-electron chi connectivity index (χ2n) is 5.04. The van der Waals surface area contributed by atoms with Crippen LogP contribution in [-0.2, 0) is 13.2 Å². The molecular weight excluding hydrogens is 273 g/mol. The van der Waals surface area contributed by atoms with E-state index in [1.165, 1.54) is 4.57 Å². The number of imidazole rings is 1. The van der Waals surface area contributed by atoms with Gasteiger partial charge in [0.15, 0.2) is 5.69 Å². The normalized spacial score (nSPS) is 18.6. The molecule has 112 valence electrons. The molecule has 1 fully saturated rings. The zero-order valence-electron chi connectivity index (χ0n) is 11.4. The Morgan fingerprint density at radius 1 is 1.40 bits per heavy atom. The fraction of sp³-hybridized carbons (Fsp3) is 0.667. The second-order valence-corrected chi connectivity index (χ2v) is 5.04. The van der Waals surface area contributed by atoms with Crippen molar-refractivity contribution in [2.75, 3.05) is 18.0 Å². The summed E-state index contributed by atoms with van der Waals surface area (Å²) in [6.07, 6.45) is -1.94. The summed E-state index contributed by atoms with van der Waals surface area (Å²) in [7, 11) is 1.56. The Balaban J connectivity index is 2.09. The molecule has 0 amide bonds. The Kier molecular flexibility index (Phi) is 3.92. The van der Waals surface area contributed by atoms with Crippen LogP contribution in [0.2, 0.25) is 0 Å². The van der Waals surface area contributed by atoms with E-state index in [9.17, 15) is 13.2 Å². The van der Waals surface area contributed by atoms with Crippen molar-refractivity contribution in [2.45, 2.75) is 25.9 Å². The highest BCUT2D eigenvalue weighted by Crippen LogP contribution is 2.31. The first-order valence-corrected chi connectivity index (χ1v) is 6.37. The van der Waals surface area contributed by atoms with Crippen LogP contribution in [0.5, 0.6) is 0 Å². The standard InChI is InChI=1S/C12H17F3N4O/c1-8(17-20)9-3-5-19(6-4-9)11-16-10(7-18(11)2)12(13,14)15/h7,9,20H,3-6H2,1-2H3/b17-8-. The van der Waals surface area contributed by atoms with E-state index in [4.69, 9.17) is 5.21 Å². The molecule has 20 heavy (non-hydrogen) atoms. The minimum atomic E-state index is -4.42. The Morgan fingerprint density at radius 2 is 2.00 bits per heavy atom. The van der Waals surface area contributed by atoms with Crippen LogP contribution in [0.25, 0.3) is 0 Å². The molecule has 0 radical (unpaired) electrons. The average Bonchev–Trinajstić information content (AvgIpc) is 2.80. The predicted molar refractivity (Wildman–Crippen MR) is 68.0 cm³/mol. The lowest BCUT2D eigenvalue weighted by Gasteiger charge is -2.32. The number of anilines is 1. The number of aromatic nitrogens is 2. The van der Waals surface area contributed by atoms with Gasteiger partial charge in [0, 0.05) is 32.3 Å². The molecule has 0 unspecified atom stereocenters. The molecule has 0 aliphatic carbocycles. The van der Waals surface area contributed by atoms with Gasteiger partial charge in [0.05, 0.1) is 5.71 Å². The van der Waals surface area contributed by atoms with Gasteiger partial charge in [0.1, 0.15) is 0 Å². The number of rotatable bonds is 2. The lowest BCUT2D eigenvalue weighted by Crippen LogP contribution is -2.37. The number of piperidine rings is 1. The molecule has 1 aromatic heterocycles. The van der Waals surface area contributed by atoms with E-state index in [-0.39, 0.29) is 5.92 Å². The summed E-state index contributed by atoms with van der Waals surface area (Å²) in [5, 5.41) is 11.9. The van der Waals surface area contributed by atoms with E-state index in [0.717, 1.165) is 19.0 Å². The summed E-state index contributed by atoms with van der Waals surface area (Å²) in [6, 6.07) is 0. The third kappa shape index (κ3) is 2.88. The van der Waals surface area contributed by atoms with E-state index in [1.54, 1.807) is 14.0 Å². The molecule has 0 saturated carbocycles. The van der Waals surface area contributed by atoms with Gasteiger partial charge in [-0.05, 0) is 19.8 Å². The molecular formula is C12H17F3N4O. The number of hydrogen-bond acceptors (Lipinski definition) is 4. The Morgan fingerprint density at radius 3 is 2.45 bits per heavy atom. The van der Waals surface area contributed by atoms with Crippen molar-refractivity contribution in [3.8, 4) is 0 Å². The number of hydrogen-bond donors (Lipinski definition) is 1. The predicted octanol–water partition coefficient (Wildman–Crippen LogP) is 2.51. The zero-order chi connectivity index (χ0) is 14.9. The first-order valence-electron chi connectivity index (χ1n) is 6.37. The third-order valence-electron chi connectivity index (χ3n) is 3.67. The fourth-order valence-electron chi connectivity index (χ4n) is 2.47. The van der Waals surface area contributed by atoms with Crippen LogP contribution in [-0.4, -0.2) is 33.6 Å². The van der Waals surface area contributed by atoms with Crippen LogP contribution in [0.4, 0.5) is 19.1 Å². The molecule has 0 bridgehead atoms. The summed E-state index contributed by atoms with van der Waals surface area (Å²) >= 11 is 0. The van der Waals surface area contributed by atoms with Crippen molar-refractivity contribution in [1.82, 2.24) is 9.55 Å². The summed E-state index contributed by atoms with van der Waals surface area (Å²) in [5.41, 5.74) is -0.203. The van der Waals surface area contributed by atoms with Crippen LogP contribution < -0.4 is 4.90 Å². The van der Waals surface area contributed by atoms with Gasteiger partial charge in [0.25, 0.3) is 0 Å². The number of oxime groups is 1. The van der Waals surface area contributed by atoms with Gasteiger partial charge in [0.2, 0.25) is 5.95 Å². The number of alkyl halides is 3. The monoisotopic (exact) mass is 290 g/mol. The molecule has 5 nitrogen and oxygen atoms in total. The summed E-state index contributed by atoms with van der Waals surface area (Å²) in [5.74, 6) is 0.507. The molecule has 2 heterocycles. The van der Waals surface area contributed by atoms with Gasteiger partial charge >= 0.3 is 6.18 Å². The second kappa shape index (κ2) is 5.34. The van der Waals surface area contributed by atoms with Gasteiger partial charge < -0.3 is 14.7 Å². The van der Waals surface area contributed by atoms with Crippen LogP contribution >= 0.6 is 0 Å². The molecule has 1 N–H and O–H groups in total. The third-order valence-corrected chi connectivity index (χ3v) is 3.67. The van der Waals surface area contributed by atoms with Gasteiger partial charge in [-0.15, -0.1) is 0 Å². The molecule has 1 saturated heterocycles. The van der Waals surface area contributed by atoms with Gasteiger partial charge in [-0.3, -0.25) is 0 Å². The maximum atomic E-state index is 12.6. The van der Waals surface area contributed by atoms with Crippen molar-refractivity contribution in [2.24, 2.45) is 18.1 Å². The average molecular weight is 290 g/mol. The first-order chi connectivity index (χ1) is 9.32. The van der Waals surface area contributed by atoms with Crippen molar-refractivity contribution in [1.29, 1.82) is 0 Å². The van der Waals surface area contributed by atoms with E-state index in [1.807, 2.05) is 4.90 Å². The molecule has 0 aromatic carbocycles. The van der Waals surface area contributed by atoms with Gasteiger partial charge in [-0.25, -0.2) is 4.98 Å². The number of halogens is 3. The highest BCUT2D eigenvalue weighted by molar-refractivity contribution is 5.84. The summed E-state index contributed by atoms with van der Waals surface area (Å²) in [4.78, 5) is 5.51. The number of aryl methyl sites for hydroxylation is 1. The van der Waals surface area contributed by atoms with Crippen LogP contribution in [0.15, 0.2) is 11.4 Å². The van der Waals surface area contributed by atoms with Crippen molar-refractivity contribution in [3.05, 3.63) is 11.9 Å². The first kappa shape index (κ1) is 14.7. The minimum absolute atomic E-state index is 0.179. The highest BCUT2D eigenvalue weighted by atomic mass is 19.4. The van der Waals surface area contributed by atoms with Crippen LogP contribution in [0, 0.1) is 5.92 Å². The highest BCUT2D eigenvalue weighted by Gasteiger charge is 2.35. The largest absolute Gasteiger partial charge is 0.434 e. The molecule has 0 atom stereocenters. The Labute approximate surface area is 114 Å². The topological polar surface area (TPSA) is 53.7 Å². The Hall–Kier alpha value is -1.73. The van der Waals surface area contributed by atoms with E-state index < -0.39 is 11.9 Å². The number of nitrogens with zero attached hydrogens (tertiary/aromatic N) is 4. The van der Waals surface area contributed by atoms with E-state index in [0.29, 0.717) is 24.7 Å². The van der Waals surface area contributed by atoms with E-state index >= 15 is 0 Å². The maximum absolute atomic E-state index is 12.6. The smallest absolute Gasteiger partial charge is 0.411 e. The summed E-state index contributed by atoms with van der Waals surface area (Å²) in [6.45, 7) is 2.95. The van der Waals surface area contributed by atoms with Crippen molar-refractivity contribution in [3.63, 3.8) is 0 Å². The lowest BCUT2D eigenvalue weighted by atomic mass is 9.93. The molecule has 1 aliphatic rings. The summed E-state index contributed by atoms with van der Waals surface area (Å²) < 4.78 is 39.3. The maximum Gasteiger partial charge on any atom is 0.434 e. The molecule has 1 aliphatic heterocycles. The van der Waals surface area contributed by atoms with Crippen LogP contribution in [0.1, 0.15) is 25.5 Å². The SMILES string of the molecule is C/C(=N/O)C1CCN(c2nc(C(F)(F)F)cn2C)CC1. The van der Waals surface area contributed by atoms with Gasteiger partial charge in [-0.2, -0.15) is 13.2 Å². The fourth-order valence-corrected chi connectivity index (χ4v) is 2.47. The van der Waals surface area contributed by atoms with Crippen molar-refractivity contribution >= 4 is 11.7 Å². The van der Waals surface area contributed by atoms with Crippen LogP contribution in [0.3, 0.4) is 0 Å². The Bertz CT molecular complexity index is 501.